The van der Waals surface area contributed by atoms with Crippen LogP contribution in [0.25, 0.3) is 56.0 Å². The van der Waals surface area contributed by atoms with E-state index in [1.165, 1.54) is 104 Å². The molecule has 0 N–H and O–H groups in total. The molecule has 20 aromatic rings. The Labute approximate surface area is 835 Å². The van der Waals surface area contributed by atoms with Gasteiger partial charge in [0, 0.05) is 138 Å². The van der Waals surface area contributed by atoms with Gasteiger partial charge >= 0.3 is 0 Å². The predicted octanol–water partition coefficient (Wildman–Crippen LogP) is 28.9. The van der Waals surface area contributed by atoms with Crippen molar-refractivity contribution in [2.24, 2.45) is 0 Å². The Hall–Kier alpha value is -17.8. The number of aromatic nitrogens is 13. The molecule has 0 amide bonds. The fourth-order valence-corrected chi connectivity index (χ4v) is 15.5. The second kappa shape index (κ2) is 50.7. The average Bonchev–Trinajstić information content (AvgIpc) is 0.870. The van der Waals surface area contributed by atoms with Gasteiger partial charge in [-0.3, -0.25) is 39.9 Å². The summed E-state index contributed by atoms with van der Waals surface area (Å²) in [6, 6.07) is 98.1. The first-order valence-electron chi connectivity index (χ1n) is 47.3. The summed E-state index contributed by atoms with van der Waals surface area (Å²) >= 11 is 0. The topological polar surface area (TPSA) is 214 Å². The minimum absolute atomic E-state index is 0.237. The van der Waals surface area contributed by atoms with E-state index in [4.69, 9.17) is 23.7 Å². The molecule has 0 saturated heterocycles. The van der Waals surface area contributed by atoms with E-state index in [2.05, 4.69) is 121 Å². The van der Waals surface area contributed by atoms with E-state index in [1.807, 2.05) is 246 Å². The summed E-state index contributed by atoms with van der Waals surface area (Å²) in [6.07, 6.45) is 36.4. The third-order valence-electron chi connectivity index (χ3n) is 23.7. The Morgan fingerprint density at radius 1 is 0.194 bits per heavy atom. The molecule has 0 saturated carbocycles. The summed E-state index contributed by atoms with van der Waals surface area (Å²) in [5, 5.41) is 0. The van der Waals surface area contributed by atoms with Gasteiger partial charge in [-0.25, -0.2) is 42.5 Å². The van der Waals surface area contributed by atoms with Crippen LogP contribution in [0.4, 0.5) is 17.6 Å². The summed E-state index contributed by atoms with van der Waals surface area (Å²) < 4.78 is 81.6. The Kier molecular flexibility index (Phi) is 34.9. The van der Waals surface area contributed by atoms with Gasteiger partial charge in [-0.15, -0.1) is 0 Å². The maximum atomic E-state index is 13.1. The summed E-state index contributed by atoms with van der Waals surface area (Å²) in [4.78, 5) is 56.7. The number of hydrogen-bond donors (Lipinski definition) is 0. The van der Waals surface area contributed by atoms with Crippen LogP contribution in [-0.2, 0) is 64.2 Å². The molecule has 0 radical (unpaired) electrons. The molecule has 0 unspecified atom stereocenters. The lowest BCUT2D eigenvalue weighted by atomic mass is 10.0. The number of ether oxygens (including phenoxy) is 5. The number of hydrogen-bond acceptors (Lipinski definition) is 18. The van der Waals surface area contributed by atoms with E-state index in [-0.39, 0.29) is 23.3 Å². The van der Waals surface area contributed by atoms with E-state index in [1.54, 1.807) is 98.1 Å². The molecule has 144 heavy (non-hydrogen) atoms. The van der Waals surface area contributed by atoms with Gasteiger partial charge in [-0.1, -0.05) is 127 Å². The van der Waals surface area contributed by atoms with Gasteiger partial charge < -0.3 is 23.7 Å². The zero-order valence-corrected chi connectivity index (χ0v) is 80.2. The highest BCUT2D eigenvalue weighted by molar-refractivity contribution is 5.66. The minimum atomic E-state index is -0.265. The van der Waals surface area contributed by atoms with Crippen LogP contribution in [0.15, 0.2) is 414 Å². The maximum Gasteiger partial charge on any atom is 0.219 e. The molecule has 0 aliphatic carbocycles. The van der Waals surface area contributed by atoms with Crippen LogP contribution < -0.4 is 23.7 Å². The smallest absolute Gasteiger partial charge is 0.219 e. The van der Waals surface area contributed by atoms with Crippen molar-refractivity contribution in [2.45, 2.75) is 98.8 Å². The highest BCUT2D eigenvalue weighted by Gasteiger charge is 2.15. The minimum Gasteiger partial charge on any atom is -0.439 e. The number of aryl methyl sites for hydroxylation is 15. The Balaban J connectivity index is 0.000000129. The molecular weight excluding hydrogens is 1800 g/mol. The number of pyridine rings is 13. The lowest BCUT2D eigenvalue weighted by molar-refractivity contribution is 0.458. The highest BCUT2D eigenvalue weighted by atomic mass is 19.1. The van der Waals surface area contributed by atoms with Gasteiger partial charge in [-0.05, 0) is 352 Å². The molecule has 0 atom stereocenters. The van der Waals surface area contributed by atoms with Crippen molar-refractivity contribution in [2.75, 3.05) is 0 Å². The van der Waals surface area contributed by atoms with Gasteiger partial charge in [-0.2, -0.15) is 0 Å². The van der Waals surface area contributed by atoms with E-state index in [9.17, 15) is 17.6 Å². The zero-order valence-electron chi connectivity index (χ0n) is 80.2. The first-order valence-corrected chi connectivity index (χ1v) is 47.3. The SMILES string of the molecule is Cc1cc(Oc2ccc(-c3ccc(F)cc3)cc2)ncc1CCc1cccnc1.Cc1cc(Oc2ccc(-c3ccc(F)cc3)nc2)ncc1CCc1cccnc1.Cc1nc(Oc2ccc(-c3ccc(F)cc3)cc2)ccc1CCc1cccnc1.Cc1nc(Oc2ccc(-c3ccc(F)cc3)nc2)ccc1CCc1cccnc1.Cc1nc(Oc2ccc(-c3ccccc3)nc2)ccc1CCc1cccnc1. The Bertz CT molecular complexity index is 6710. The molecule has 0 fully saturated rings. The number of halogens is 4. The van der Waals surface area contributed by atoms with Crippen molar-refractivity contribution in [3.05, 3.63) is 522 Å². The van der Waals surface area contributed by atoms with Crippen LogP contribution in [-0.4, -0.2) is 64.8 Å². The molecule has 0 spiro atoms. The second-order valence-electron chi connectivity index (χ2n) is 34.0. The molecule has 13 heterocycles. The predicted molar refractivity (Wildman–Crippen MR) is 556 cm³/mol. The van der Waals surface area contributed by atoms with E-state index in [0.717, 1.165) is 148 Å². The Morgan fingerprint density at radius 3 is 0.708 bits per heavy atom. The molecular formula is C122H103F4N13O5. The fraction of sp³-hybridized carbons (Fsp3) is 0.123. The molecule has 0 bridgehead atoms. The van der Waals surface area contributed by atoms with Crippen molar-refractivity contribution < 1.29 is 41.2 Å². The van der Waals surface area contributed by atoms with Gasteiger partial charge in [0.1, 0.15) is 52.0 Å². The summed E-state index contributed by atoms with van der Waals surface area (Å²) in [6.45, 7) is 10.1. The second-order valence-corrected chi connectivity index (χ2v) is 34.0. The monoisotopic (exact) mass is 1910 g/mol. The van der Waals surface area contributed by atoms with Gasteiger partial charge in [0.15, 0.2) is 0 Å². The van der Waals surface area contributed by atoms with E-state index in [0.29, 0.717) is 58.1 Å². The molecule has 13 aromatic heterocycles. The quantitative estimate of drug-likeness (QED) is 0.0383. The lowest BCUT2D eigenvalue weighted by Gasteiger charge is -2.10. The lowest BCUT2D eigenvalue weighted by Crippen LogP contribution is -1.98. The molecule has 7 aromatic carbocycles. The summed E-state index contributed by atoms with van der Waals surface area (Å²) in [5.74, 6) is 5.09. The van der Waals surface area contributed by atoms with Crippen molar-refractivity contribution in [3.8, 4) is 114 Å². The normalized spacial score (nSPS) is 10.7. The van der Waals surface area contributed by atoms with Crippen molar-refractivity contribution >= 4 is 0 Å². The third kappa shape index (κ3) is 30.1. The van der Waals surface area contributed by atoms with Crippen LogP contribution >= 0.6 is 0 Å². The summed E-state index contributed by atoms with van der Waals surface area (Å²) in [5.41, 5.74) is 26.4. The standard InChI is InChI=1S/2C25H21FN2O.2C24H20FN3O.C24H21N3O/c1-18-20(5-4-19-3-2-16-27-17-19)10-15-25(28-18)29-24-13-8-22(9-14-24)21-6-11-23(26)12-7-21;1-18-15-25(28-17-22(18)5-4-19-3-2-14-27-16-19)29-24-12-8-21(9-13-24)20-6-10-23(26)11-7-20;1-17-19(5-4-18-3-2-14-26-15-18)8-13-24(28-17)29-22-11-12-23(27-16-22)20-6-9-21(25)10-7-20;1-17-13-24(28-15-20(17)5-4-18-3-2-12-26-14-18)29-22-10-11-23(27-16-22)19-6-8-21(25)9-7-19;1-18-20(10-9-19-6-5-15-25-16-19)11-14-24(27-18)28-22-12-13-23(26-17-22)21-7-3-2-4-8-21/h2*2-3,6-17H,4-5H2,1H3;2*2-3,6-16H,4-5H2,1H3;2-8,11-17H,9-10H2,1H3. The molecule has 0 aliphatic rings. The van der Waals surface area contributed by atoms with Crippen LogP contribution in [0.3, 0.4) is 0 Å². The third-order valence-corrected chi connectivity index (χ3v) is 23.7. The van der Waals surface area contributed by atoms with Crippen molar-refractivity contribution in [1.82, 2.24) is 64.8 Å². The molecule has 714 valence electrons. The van der Waals surface area contributed by atoms with Crippen molar-refractivity contribution in [1.29, 1.82) is 0 Å². The van der Waals surface area contributed by atoms with Crippen LogP contribution in [0.2, 0.25) is 0 Å². The molecule has 0 aliphatic heterocycles. The van der Waals surface area contributed by atoms with Crippen LogP contribution in [0.1, 0.15) is 83.8 Å². The van der Waals surface area contributed by atoms with E-state index >= 15 is 0 Å². The molecule has 18 nitrogen and oxygen atoms in total. The zero-order chi connectivity index (χ0) is 99.4. The fourth-order valence-electron chi connectivity index (χ4n) is 15.5. The number of nitrogens with zero attached hydrogens (tertiary/aromatic N) is 13. The highest BCUT2D eigenvalue weighted by Crippen LogP contribution is 2.34. The van der Waals surface area contributed by atoms with Crippen molar-refractivity contribution in [3.63, 3.8) is 0 Å². The Morgan fingerprint density at radius 2 is 0.444 bits per heavy atom. The largest absolute Gasteiger partial charge is 0.439 e. The van der Waals surface area contributed by atoms with Crippen LogP contribution in [0, 0.1) is 57.9 Å². The summed E-state index contributed by atoms with van der Waals surface area (Å²) in [7, 11) is 0. The maximum absolute atomic E-state index is 13.1. The van der Waals surface area contributed by atoms with Gasteiger partial charge in [0.05, 0.1) is 35.7 Å². The van der Waals surface area contributed by atoms with Crippen LogP contribution in [0.5, 0.6) is 58.1 Å². The number of rotatable bonds is 30. The number of benzene rings is 7. The average molecular weight is 1910 g/mol. The molecule has 20 rings (SSSR count). The van der Waals surface area contributed by atoms with E-state index < -0.39 is 0 Å². The first-order chi connectivity index (χ1) is 70.5. The van der Waals surface area contributed by atoms with Gasteiger partial charge in [0.2, 0.25) is 29.4 Å². The van der Waals surface area contributed by atoms with Gasteiger partial charge in [0.25, 0.3) is 0 Å². The first kappa shape index (κ1) is 99.2. The molecule has 22 heteroatoms.